The molecule has 0 atom stereocenters. The minimum Gasteiger partial charge on any atom is -0.503 e. The summed E-state index contributed by atoms with van der Waals surface area (Å²) in [6, 6.07) is 0. The average Bonchev–Trinajstić information content (AvgIpc) is 2.23. The van der Waals surface area contributed by atoms with E-state index in [9.17, 15) is 5.11 Å². The fourth-order valence-corrected chi connectivity index (χ4v) is 2.36. The maximum Gasteiger partial charge on any atom is 0.177 e. The molecule has 0 bridgehead atoms. The van der Waals surface area contributed by atoms with Gasteiger partial charge in [0.05, 0.1) is 6.20 Å². The largest absolute Gasteiger partial charge is 0.503 e. The minimum absolute atomic E-state index is 0. The van der Waals surface area contributed by atoms with Crippen molar-refractivity contribution in [1.29, 1.82) is 0 Å². The van der Waals surface area contributed by atoms with Gasteiger partial charge in [0.15, 0.2) is 11.6 Å². The molecule has 2 rings (SSSR count). The highest BCUT2D eigenvalue weighted by Crippen LogP contribution is 2.25. The van der Waals surface area contributed by atoms with E-state index < -0.39 is 0 Å². The van der Waals surface area contributed by atoms with E-state index in [4.69, 9.17) is 0 Å². The molecule has 0 unspecified atom stereocenters. The number of hydrogen-bond donors (Lipinski definition) is 1. The molecule has 1 aliphatic rings. The Hall–Kier alpha value is -0.680. The molecule has 0 aliphatic carbocycles. The molecule has 84 valence electrons. The third-order valence-corrected chi connectivity index (χ3v) is 3.12. The van der Waals surface area contributed by atoms with Crippen molar-refractivity contribution in [1.82, 2.24) is 9.97 Å². The molecule has 1 aromatic heterocycles. The molecule has 1 N–H and O–H groups in total. The molecule has 6 heteroatoms. The summed E-state index contributed by atoms with van der Waals surface area (Å²) in [4.78, 5) is 10.3. The van der Waals surface area contributed by atoms with Crippen LogP contribution in [-0.2, 0) is 0 Å². The summed E-state index contributed by atoms with van der Waals surface area (Å²) in [5.74, 6) is 3.77. The fraction of sp³-hybridized carbons (Fsp3) is 0.556. The van der Waals surface area contributed by atoms with Gasteiger partial charge in [-0.1, -0.05) is 0 Å². The first kappa shape index (κ1) is 12.4. The van der Waals surface area contributed by atoms with E-state index in [1.165, 1.54) is 6.20 Å². The second-order valence-electron chi connectivity index (χ2n) is 3.23. The summed E-state index contributed by atoms with van der Waals surface area (Å²) in [7, 11) is 0. The summed E-state index contributed by atoms with van der Waals surface area (Å²) in [5.41, 5.74) is 0. The van der Waals surface area contributed by atoms with E-state index in [1.54, 1.807) is 0 Å². The molecule has 1 aliphatic heterocycles. The SMILES string of the molecule is Cc1ncc(O)c(N2CCSCC2)n1.Cl. The summed E-state index contributed by atoms with van der Waals surface area (Å²) in [5, 5.41) is 9.61. The zero-order valence-corrected chi connectivity index (χ0v) is 10.1. The van der Waals surface area contributed by atoms with E-state index in [1.807, 2.05) is 18.7 Å². The zero-order valence-electron chi connectivity index (χ0n) is 8.51. The van der Waals surface area contributed by atoms with Gasteiger partial charge in [0.2, 0.25) is 0 Å². The van der Waals surface area contributed by atoms with Crippen molar-refractivity contribution >= 4 is 30.0 Å². The maximum absolute atomic E-state index is 9.61. The van der Waals surface area contributed by atoms with Gasteiger partial charge in [-0.15, -0.1) is 12.4 Å². The van der Waals surface area contributed by atoms with Crippen LogP contribution in [0, 0.1) is 6.92 Å². The molecule has 15 heavy (non-hydrogen) atoms. The van der Waals surface area contributed by atoms with Gasteiger partial charge in [0.25, 0.3) is 0 Å². The van der Waals surface area contributed by atoms with Crippen LogP contribution in [0.5, 0.6) is 5.75 Å². The van der Waals surface area contributed by atoms with Crippen LogP contribution in [0.4, 0.5) is 5.82 Å². The van der Waals surface area contributed by atoms with Crippen LogP contribution in [0.1, 0.15) is 5.82 Å². The van der Waals surface area contributed by atoms with Crippen LogP contribution in [0.3, 0.4) is 0 Å². The molecule has 0 spiro atoms. The lowest BCUT2D eigenvalue weighted by molar-refractivity contribution is 0.467. The Morgan fingerprint density at radius 2 is 2.07 bits per heavy atom. The van der Waals surface area contributed by atoms with Gasteiger partial charge in [0.1, 0.15) is 5.82 Å². The first-order valence-electron chi connectivity index (χ1n) is 4.62. The minimum atomic E-state index is 0. The predicted octanol–water partition coefficient (Wildman–Crippen LogP) is 1.47. The molecular formula is C9H14ClN3OS. The Kier molecular flexibility index (Phi) is 4.47. The second kappa shape index (κ2) is 5.42. The summed E-state index contributed by atoms with van der Waals surface area (Å²) < 4.78 is 0. The number of halogens is 1. The number of rotatable bonds is 1. The second-order valence-corrected chi connectivity index (χ2v) is 4.45. The van der Waals surface area contributed by atoms with Gasteiger partial charge < -0.3 is 10.0 Å². The molecule has 1 saturated heterocycles. The van der Waals surface area contributed by atoms with Crippen LogP contribution < -0.4 is 4.90 Å². The van der Waals surface area contributed by atoms with Crippen molar-refractivity contribution in [3.63, 3.8) is 0 Å². The van der Waals surface area contributed by atoms with Crippen molar-refractivity contribution < 1.29 is 5.11 Å². The van der Waals surface area contributed by atoms with Crippen LogP contribution in [-0.4, -0.2) is 39.7 Å². The molecule has 0 radical (unpaired) electrons. The zero-order chi connectivity index (χ0) is 9.97. The number of thioether (sulfide) groups is 1. The summed E-state index contributed by atoms with van der Waals surface area (Å²) in [6.45, 7) is 3.74. The molecule has 0 amide bonds. The van der Waals surface area contributed by atoms with Crippen LogP contribution in [0.2, 0.25) is 0 Å². The smallest absolute Gasteiger partial charge is 0.177 e. The van der Waals surface area contributed by atoms with Gasteiger partial charge in [-0.2, -0.15) is 11.8 Å². The van der Waals surface area contributed by atoms with Crippen molar-refractivity contribution in [3.8, 4) is 5.75 Å². The van der Waals surface area contributed by atoms with Gasteiger partial charge in [-0.3, -0.25) is 0 Å². The lowest BCUT2D eigenvalue weighted by Crippen LogP contribution is -2.33. The van der Waals surface area contributed by atoms with Crippen LogP contribution in [0.15, 0.2) is 6.20 Å². The van der Waals surface area contributed by atoms with E-state index in [-0.39, 0.29) is 18.2 Å². The van der Waals surface area contributed by atoms with E-state index in [0.717, 1.165) is 24.6 Å². The topological polar surface area (TPSA) is 49.3 Å². The average molecular weight is 248 g/mol. The Labute approximate surface area is 99.5 Å². The molecule has 1 fully saturated rings. The lowest BCUT2D eigenvalue weighted by Gasteiger charge is -2.27. The highest BCUT2D eigenvalue weighted by atomic mass is 35.5. The van der Waals surface area contributed by atoms with Crippen molar-refractivity contribution in [3.05, 3.63) is 12.0 Å². The molecule has 2 heterocycles. The summed E-state index contributed by atoms with van der Waals surface area (Å²) in [6.07, 6.45) is 1.47. The molecular weight excluding hydrogens is 234 g/mol. The number of anilines is 1. The number of aryl methyl sites for hydroxylation is 1. The van der Waals surface area contributed by atoms with Crippen molar-refractivity contribution in [2.24, 2.45) is 0 Å². The Morgan fingerprint density at radius 1 is 1.40 bits per heavy atom. The number of hydrogen-bond acceptors (Lipinski definition) is 5. The number of nitrogens with zero attached hydrogens (tertiary/aromatic N) is 3. The Morgan fingerprint density at radius 3 is 2.73 bits per heavy atom. The van der Waals surface area contributed by atoms with Gasteiger partial charge in [-0.25, -0.2) is 9.97 Å². The quantitative estimate of drug-likeness (QED) is 0.815. The molecule has 0 saturated carbocycles. The predicted molar refractivity (Wildman–Crippen MR) is 65.2 cm³/mol. The standard InChI is InChI=1S/C9H13N3OS.ClH/c1-7-10-6-8(13)9(11-7)12-2-4-14-5-3-12;/h6,13H,2-5H2,1H3;1H. The Balaban J connectivity index is 0.00000112. The van der Waals surface area contributed by atoms with Crippen LogP contribution in [0.25, 0.3) is 0 Å². The monoisotopic (exact) mass is 247 g/mol. The van der Waals surface area contributed by atoms with Crippen molar-refractivity contribution in [2.45, 2.75) is 6.92 Å². The summed E-state index contributed by atoms with van der Waals surface area (Å²) >= 11 is 1.94. The molecule has 1 aromatic rings. The van der Waals surface area contributed by atoms with Gasteiger partial charge >= 0.3 is 0 Å². The first-order valence-corrected chi connectivity index (χ1v) is 5.78. The highest BCUT2D eigenvalue weighted by molar-refractivity contribution is 7.99. The number of aromatic hydroxyl groups is 1. The maximum atomic E-state index is 9.61. The van der Waals surface area contributed by atoms with Gasteiger partial charge in [-0.05, 0) is 6.92 Å². The van der Waals surface area contributed by atoms with Crippen molar-refractivity contribution in [2.75, 3.05) is 29.5 Å². The van der Waals surface area contributed by atoms with Crippen LogP contribution >= 0.6 is 24.2 Å². The highest BCUT2D eigenvalue weighted by Gasteiger charge is 2.16. The first-order chi connectivity index (χ1) is 6.77. The normalized spacial score (nSPS) is 15.9. The third-order valence-electron chi connectivity index (χ3n) is 2.18. The van der Waals surface area contributed by atoms with Gasteiger partial charge in [0, 0.05) is 24.6 Å². The fourth-order valence-electron chi connectivity index (χ4n) is 1.46. The molecule has 0 aromatic carbocycles. The third kappa shape index (κ3) is 2.89. The Bertz CT molecular complexity index is 331. The van der Waals surface area contributed by atoms with E-state index in [0.29, 0.717) is 11.6 Å². The van der Waals surface area contributed by atoms with E-state index in [2.05, 4.69) is 14.9 Å². The number of aromatic nitrogens is 2. The lowest BCUT2D eigenvalue weighted by atomic mass is 10.4. The van der Waals surface area contributed by atoms with E-state index >= 15 is 0 Å². The molecule has 4 nitrogen and oxygen atoms in total.